The Balaban J connectivity index is 1.77. The fourth-order valence-electron chi connectivity index (χ4n) is 3.36. The predicted molar refractivity (Wildman–Crippen MR) is 100.0 cm³/mol. The smallest absolute Gasteiger partial charge is 0.237 e. The van der Waals surface area contributed by atoms with Gasteiger partial charge in [0.05, 0.1) is 12.0 Å². The summed E-state index contributed by atoms with van der Waals surface area (Å²) in [6.45, 7) is 0. The number of amides is 1. The van der Waals surface area contributed by atoms with Crippen LogP contribution < -0.4 is 4.90 Å². The van der Waals surface area contributed by atoms with Gasteiger partial charge in [0.25, 0.3) is 0 Å². The van der Waals surface area contributed by atoms with Gasteiger partial charge in [0.15, 0.2) is 0 Å². The number of benzene rings is 3. The molecule has 1 saturated heterocycles. The molecule has 0 bridgehead atoms. The minimum Gasteiger partial charge on any atom is -0.303 e. The summed E-state index contributed by atoms with van der Waals surface area (Å²) in [5.41, 5.74) is 3.17. The van der Waals surface area contributed by atoms with E-state index in [9.17, 15) is 4.79 Å². The molecule has 1 aliphatic heterocycles. The quantitative estimate of drug-likeness (QED) is 0.565. The van der Waals surface area contributed by atoms with Crippen molar-refractivity contribution in [2.75, 3.05) is 4.90 Å². The van der Waals surface area contributed by atoms with E-state index in [2.05, 4.69) is 28.1 Å². The number of hydrogen-bond donors (Lipinski definition) is 0. The second kappa shape index (κ2) is 6.25. The van der Waals surface area contributed by atoms with Gasteiger partial charge in [-0.1, -0.05) is 76.6 Å². The normalized spacial score (nSPS) is 19.9. The highest BCUT2D eigenvalue weighted by atomic mass is 79.9. The van der Waals surface area contributed by atoms with Gasteiger partial charge in [-0.05, 0) is 35.4 Å². The van der Waals surface area contributed by atoms with Crippen molar-refractivity contribution in [3.63, 3.8) is 0 Å². The first kappa shape index (κ1) is 15.2. The molecule has 0 radical (unpaired) electrons. The summed E-state index contributed by atoms with van der Waals surface area (Å²) in [4.78, 5) is 14.8. The molecule has 1 heterocycles. The maximum atomic E-state index is 12.9. The zero-order valence-corrected chi connectivity index (χ0v) is 14.6. The fourth-order valence-corrected chi connectivity index (χ4v) is 3.62. The van der Waals surface area contributed by atoms with E-state index in [1.807, 2.05) is 77.7 Å². The zero-order chi connectivity index (χ0) is 16.5. The van der Waals surface area contributed by atoms with Gasteiger partial charge in [-0.25, -0.2) is 0 Å². The molecule has 3 aromatic rings. The minimum absolute atomic E-state index is 0.0299. The molecule has 1 amide bonds. The number of carbonyl (C=O) groups is 1. The van der Waals surface area contributed by atoms with Crippen LogP contribution in [0, 0.1) is 0 Å². The lowest BCUT2D eigenvalue weighted by molar-refractivity contribution is -0.126. The van der Waals surface area contributed by atoms with Crippen LogP contribution in [-0.4, -0.2) is 5.91 Å². The van der Waals surface area contributed by atoms with Crippen LogP contribution in [0.4, 0.5) is 5.69 Å². The zero-order valence-electron chi connectivity index (χ0n) is 13.0. The second-order valence-electron chi connectivity index (χ2n) is 5.93. The van der Waals surface area contributed by atoms with Crippen molar-refractivity contribution in [3.05, 3.63) is 101 Å². The third-order valence-corrected chi connectivity index (χ3v) is 5.03. The topological polar surface area (TPSA) is 20.3 Å². The Morgan fingerprint density at radius 3 is 1.83 bits per heavy atom. The molecular formula is C21H16BrNO. The molecule has 0 aromatic heterocycles. The molecule has 2 atom stereocenters. The van der Waals surface area contributed by atoms with E-state index in [-0.39, 0.29) is 17.9 Å². The third-order valence-electron chi connectivity index (χ3n) is 4.50. The lowest BCUT2D eigenvalue weighted by Crippen LogP contribution is -2.53. The SMILES string of the molecule is O=C1[C@@H](c2ccccc2)[C@@H](c2ccccc2)N1c1ccc(Br)cc1. The molecule has 118 valence electrons. The van der Waals surface area contributed by atoms with Crippen molar-refractivity contribution in [3.8, 4) is 0 Å². The van der Waals surface area contributed by atoms with E-state index in [1.165, 1.54) is 0 Å². The predicted octanol–water partition coefficient (Wildman–Crippen LogP) is 5.32. The van der Waals surface area contributed by atoms with Gasteiger partial charge in [0, 0.05) is 10.2 Å². The number of hydrogen-bond acceptors (Lipinski definition) is 1. The minimum atomic E-state index is -0.128. The molecule has 24 heavy (non-hydrogen) atoms. The molecule has 0 saturated carbocycles. The number of nitrogens with zero attached hydrogens (tertiary/aromatic N) is 1. The van der Waals surface area contributed by atoms with Crippen LogP contribution >= 0.6 is 15.9 Å². The summed E-state index contributed by atoms with van der Waals surface area (Å²) in [5, 5.41) is 0. The van der Waals surface area contributed by atoms with Crippen LogP contribution in [0.2, 0.25) is 0 Å². The summed E-state index contributed by atoms with van der Waals surface area (Å²) in [6, 6.07) is 28.2. The maximum absolute atomic E-state index is 12.9. The lowest BCUT2D eigenvalue weighted by atomic mass is 9.77. The molecule has 0 N–H and O–H groups in total. The van der Waals surface area contributed by atoms with Crippen LogP contribution in [0.3, 0.4) is 0 Å². The summed E-state index contributed by atoms with van der Waals surface area (Å²) in [5.74, 6) is 0.0228. The van der Waals surface area contributed by atoms with Gasteiger partial charge in [0.2, 0.25) is 5.91 Å². The fraction of sp³-hybridized carbons (Fsp3) is 0.0952. The summed E-state index contributed by atoms with van der Waals surface area (Å²) < 4.78 is 1.01. The highest BCUT2D eigenvalue weighted by Crippen LogP contribution is 2.48. The highest BCUT2D eigenvalue weighted by molar-refractivity contribution is 9.10. The number of rotatable bonds is 3. The third kappa shape index (κ3) is 2.55. The van der Waals surface area contributed by atoms with Crippen molar-refractivity contribution >= 4 is 27.5 Å². The first-order valence-corrected chi connectivity index (χ1v) is 8.73. The standard InChI is InChI=1S/C21H16BrNO/c22-17-11-13-18(14-12-17)23-20(16-9-5-2-6-10-16)19(21(23)24)15-7-3-1-4-8-15/h1-14,19-20H/t19-,20+/m0/s1. The number of anilines is 1. The van der Waals surface area contributed by atoms with Gasteiger partial charge in [-0.3, -0.25) is 4.79 Å². The number of carbonyl (C=O) groups excluding carboxylic acids is 1. The average Bonchev–Trinajstić information content (AvgIpc) is 2.63. The molecule has 3 aromatic carbocycles. The van der Waals surface area contributed by atoms with E-state index in [4.69, 9.17) is 0 Å². The van der Waals surface area contributed by atoms with Gasteiger partial charge < -0.3 is 4.90 Å². The second-order valence-corrected chi connectivity index (χ2v) is 6.84. The molecule has 0 unspecified atom stereocenters. The highest BCUT2D eigenvalue weighted by Gasteiger charge is 2.49. The van der Waals surface area contributed by atoms with Gasteiger partial charge in [0.1, 0.15) is 0 Å². The van der Waals surface area contributed by atoms with Crippen LogP contribution in [0.25, 0.3) is 0 Å². The first-order chi connectivity index (χ1) is 11.8. The van der Waals surface area contributed by atoms with E-state index >= 15 is 0 Å². The van der Waals surface area contributed by atoms with Gasteiger partial charge in [-0.2, -0.15) is 0 Å². The van der Waals surface area contributed by atoms with E-state index < -0.39 is 0 Å². The van der Waals surface area contributed by atoms with Gasteiger partial charge in [-0.15, -0.1) is 0 Å². The van der Waals surface area contributed by atoms with E-state index in [0.717, 1.165) is 21.3 Å². The Kier molecular flexibility index (Phi) is 3.95. The Morgan fingerprint density at radius 2 is 1.25 bits per heavy atom. The number of β-lactam (4-membered cyclic amide) rings is 1. The Bertz CT molecular complexity index is 846. The van der Waals surface area contributed by atoms with Crippen molar-refractivity contribution < 1.29 is 4.79 Å². The summed E-state index contributed by atoms with van der Waals surface area (Å²) in [6.07, 6.45) is 0. The monoisotopic (exact) mass is 377 g/mol. The molecule has 4 rings (SSSR count). The Labute approximate surface area is 149 Å². The van der Waals surface area contributed by atoms with Crippen LogP contribution in [0.15, 0.2) is 89.4 Å². The largest absolute Gasteiger partial charge is 0.303 e. The van der Waals surface area contributed by atoms with E-state index in [1.54, 1.807) is 0 Å². The van der Waals surface area contributed by atoms with Crippen LogP contribution in [0.1, 0.15) is 23.1 Å². The molecule has 0 spiro atoms. The van der Waals surface area contributed by atoms with Crippen molar-refractivity contribution in [1.29, 1.82) is 0 Å². The van der Waals surface area contributed by atoms with Gasteiger partial charge >= 0.3 is 0 Å². The molecule has 1 fully saturated rings. The molecule has 1 aliphatic rings. The Hall–Kier alpha value is -2.39. The summed E-state index contributed by atoms with van der Waals surface area (Å²) in [7, 11) is 0. The number of halogens is 1. The lowest BCUT2D eigenvalue weighted by Gasteiger charge is -2.47. The maximum Gasteiger partial charge on any atom is 0.237 e. The van der Waals surface area contributed by atoms with E-state index in [0.29, 0.717) is 0 Å². The van der Waals surface area contributed by atoms with Crippen molar-refractivity contribution in [1.82, 2.24) is 0 Å². The summed E-state index contributed by atoms with van der Waals surface area (Å²) >= 11 is 3.45. The average molecular weight is 378 g/mol. The molecule has 3 heteroatoms. The molecule has 2 nitrogen and oxygen atoms in total. The molecular weight excluding hydrogens is 362 g/mol. The molecule has 0 aliphatic carbocycles. The van der Waals surface area contributed by atoms with Crippen LogP contribution in [0.5, 0.6) is 0 Å². The van der Waals surface area contributed by atoms with Crippen molar-refractivity contribution in [2.24, 2.45) is 0 Å². The first-order valence-electron chi connectivity index (χ1n) is 7.94. The Morgan fingerprint density at radius 1 is 0.708 bits per heavy atom. The van der Waals surface area contributed by atoms with Crippen molar-refractivity contribution in [2.45, 2.75) is 12.0 Å². The van der Waals surface area contributed by atoms with Crippen LogP contribution in [-0.2, 0) is 4.79 Å².